The fourth-order valence-corrected chi connectivity index (χ4v) is 5.12. The fourth-order valence-electron chi connectivity index (χ4n) is 3.34. The summed E-state index contributed by atoms with van der Waals surface area (Å²) < 4.78 is 6.56. The van der Waals surface area contributed by atoms with Gasteiger partial charge in [-0.25, -0.2) is 4.98 Å². The van der Waals surface area contributed by atoms with Gasteiger partial charge < -0.3 is 15.0 Å². The van der Waals surface area contributed by atoms with Gasteiger partial charge in [0.25, 0.3) is 5.91 Å². The molecule has 0 saturated carbocycles. The number of nitrogens with one attached hydrogen (secondary N) is 1. The molecule has 164 valence electrons. The molecule has 2 heterocycles. The van der Waals surface area contributed by atoms with Crippen molar-refractivity contribution in [2.24, 2.45) is 0 Å². The molecule has 1 aromatic heterocycles. The van der Waals surface area contributed by atoms with E-state index >= 15 is 0 Å². The van der Waals surface area contributed by atoms with E-state index in [0.717, 1.165) is 48.1 Å². The molecule has 1 aliphatic heterocycles. The third-order valence-corrected chi connectivity index (χ3v) is 6.92. The van der Waals surface area contributed by atoms with Crippen LogP contribution in [0.3, 0.4) is 0 Å². The van der Waals surface area contributed by atoms with Crippen LogP contribution < -0.4 is 15.0 Å². The number of rotatable bonds is 7. The summed E-state index contributed by atoms with van der Waals surface area (Å²) >= 11 is 19.8. The van der Waals surface area contributed by atoms with E-state index in [1.54, 1.807) is 29.5 Å². The van der Waals surface area contributed by atoms with Crippen LogP contribution >= 0.6 is 46.1 Å². The number of amides is 1. The van der Waals surface area contributed by atoms with Crippen LogP contribution in [0.4, 0.5) is 5.13 Å². The lowest BCUT2D eigenvalue weighted by Crippen LogP contribution is -2.48. The smallest absolute Gasteiger partial charge is 0.257 e. The van der Waals surface area contributed by atoms with E-state index < -0.39 is 0 Å². The van der Waals surface area contributed by atoms with Crippen LogP contribution in [-0.2, 0) is 4.79 Å². The third kappa shape index (κ3) is 5.73. The average Bonchev–Trinajstić information content (AvgIpc) is 3.19. The number of aromatic nitrogens is 1. The van der Waals surface area contributed by atoms with E-state index in [4.69, 9.17) is 44.5 Å². The fraction of sp³-hybridized carbons (Fsp3) is 0.333. The van der Waals surface area contributed by atoms with Crippen molar-refractivity contribution in [3.63, 3.8) is 0 Å². The Morgan fingerprint density at radius 2 is 1.90 bits per heavy atom. The number of hydrogen-bond acceptors (Lipinski definition) is 6. The molecule has 3 aromatic rings. The van der Waals surface area contributed by atoms with E-state index in [1.807, 2.05) is 18.2 Å². The highest BCUT2D eigenvalue weighted by Crippen LogP contribution is 2.33. The van der Waals surface area contributed by atoms with Gasteiger partial charge >= 0.3 is 0 Å². The van der Waals surface area contributed by atoms with Gasteiger partial charge in [0.05, 0.1) is 14.7 Å². The molecule has 0 unspecified atom stereocenters. The molecular formula is C21H21Cl3N4O2S. The van der Waals surface area contributed by atoms with Crippen molar-refractivity contribution in [2.45, 2.75) is 0 Å². The van der Waals surface area contributed by atoms with Gasteiger partial charge in [0.1, 0.15) is 11.3 Å². The lowest BCUT2D eigenvalue weighted by atomic mass is 10.3. The lowest BCUT2D eigenvalue weighted by molar-refractivity contribution is -0.123. The summed E-state index contributed by atoms with van der Waals surface area (Å²) in [6.45, 7) is 4.87. The van der Waals surface area contributed by atoms with Crippen molar-refractivity contribution in [2.75, 3.05) is 50.8 Å². The zero-order valence-electron chi connectivity index (χ0n) is 16.6. The molecule has 31 heavy (non-hydrogen) atoms. The molecule has 0 spiro atoms. The summed E-state index contributed by atoms with van der Waals surface area (Å²) in [6, 6.07) is 10.8. The zero-order valence-corrected chi connectivity index (χ0v) is 19.7. The number of halogens is 3. The summed E-state index contributed by atoms with van der Waals surface area (Å²) in [5.41, 5.74) is 0.872. The van der Waals surface area contributed by atoms with Crippen LogP contribution in [-0.4, -0.2) is 61.7 Å². The Hall–Kier alpha value is -1.77. The van der Waals surface area contributed by atoms with Gasteiger partial charge in [-0.2, -0.15) is 0 Å². The minimum Gasteiger partial charge on any atom is -0.482 e. The molecule has 0 bridgehead atoms. The summed E-state index contributed by atoms with van der Waals surface area (Å²) in [5, 5.41) is 5.49. The lowest BCUT2D eigenvalue weighted by Gasteiger charge is -2.34. The first-order chi connectivity index (χ1) is 15.0. The number of thiazole rings is 1. The molecule has 1 aliphatic rings. The van der Waals surface area contributed by atoms with Crippen LogP contribution in [0.5, 0.6) is 5.75 Å². The van der Waals surface area contributed by atoms with Gasteiger partial charge in [-0.15, -0.1) is 0 Å². The number of carbonyl (C=O) groups excluding carboxylic acids is 1. The van der Waals surface area contributed by atoms with Gasteiger partial charge in [0, 0.05) is 44.3 Å². The average molecular weight is 500 g/mol. The molecule has 10 heteroatoms. The maximum Gasteiger partial charge on any atom is 0.257 e. The summed E-state index contributed by atoms with van der Waals surface area (Å²) in [7, 11) is 0. The second-order valence-corrected chi connectivity index (χ2v) is 9.39. The summed E-state index contributed by atoms with van der Waals surface area (Å²) in [5.74, 6) is 0.254. The van der Waals surface area contributed by atoms with E-state index in [9.17, 15) is 4.79 Å². The minimum atomic E-state index is -0.184. The van der Waals surface area contributed by atoms with Crippen molar-refractivity contribution in [3.05, 3.63) is 51.5 Å². The highest BCUT2D eigenvalue weighted by Gasteiger charge is 2.20. The number of benzene rings is 2. The first-order valence-corrected chi connectivity index (χ1v) is 11.8. The number of piperazine rings is 1. The quantitative estimate of drug-likeness (QED) is 0.516. The molecule has 0 atom stereocenters. The predicted octanol–water partition coefficient (Wildman–Crippen LogP) is 4.57. The normalized spacial score (nSPS) is 14.7. The Bertz CT molecular complexity index is 1070. The van der Waals surface area contributed by atoms with Gasteiger partial charge in [-0.3, -0.25) is 9.69 Å². The second-order valence-electron chi connectivity index (χ2n) is 7.13. The molecule has 1 saturated heterocycles. The van der Waals surface area contributed by atoms with Crippen LogP contribution in [0.25, 0.3) is 10.2 Å². The number of fused-ring (bicyclic) bond motifs is 1. The Morgan fingerprint density at radius 1 is 1.10 bits per heavy atom. The monoisotopic (exact) mass is 498 g/mol. The molecule has 6 nitrogen and oxygen atoms in total. The molecule has 1 amide bonds. The van der Waals surface area contributed by atoms with Gasteiger partial charge in [0.2, 0.25) is 0 Å². The number of para-hydroxylation sites is 1. The predicted molar refractivity (Wildman–Crippen MR) is 128 cm³/mol. The first-order valence-electron chi connectivity index (χ1n) is 9.86. The largest absolute Gasteiger partial charge is 0.482 e. The van der Waals surface area contributed by atoms with E-state index in [2.05, 4.69) is 15.1 Å². The van der Waals surface area contributed by atoms with Crippen molar-refractivity contribution >= 4 is 67.4 Å². The molecule has 0 aliphatic carbocycles. The van der Waals surface area contributed by atoms with Crippen molar-refractivity contribution in [1.29, 1.82) is 0 Å². The number of anilines is 1. The Morgan fingerprint density at radius 3 is 2.65 bits per heavy atom. The molecule has 1 N–H and O–H groups in total. The zero-order chi connectivity index (χ0) is 21.8. The number of nitrogens with zero attached hydrogens (tertiary/aromatic N) is 3. The molecule has 1 fully saturated rings. The van der Waals surface area contributed by atoms with Crippen molar-refractivity contribution in [3.8, 4) is 5.75 Å². The highest BCUT2D eigenvalue weighted by atomic mass is 35.5. The van der Waals surface area contributed by atoms with Gasteiger partial charge in [0.15, 0.2) is 11.7 Å². The molecular weight excluding hydrogens is 479 g/mol. The molecule has 4 rings (SSSR count). The van der Waals surface area contributed by atoms with Gasteiger partial charge in [-0.1, -0.05) is 52.2 Å². The Kier molecular flexibility index (Phi) is 7.40. The Labute approximate surface area is 199 Å². The Balaban J connectivity index is 1.18. The summed E-state index contributed by atoms with van der Waals surface area (Å²) in [4.78, 5) is 21.4. The van der Waals surface area contributed by atoms with Crippen LogP contribution in [0.15, 0.2) is 36.4 Å². The number of hydrogen-bond donors (Lipinski definition) is 1. The maximum atomic E-state index is 12.0. The number of ether oxygens (including phenoxy) is 1. The third-order valence-electron chi connectivity index (χ3n) is 5.00. The van der Waals surface area contributed by atoms with Gasteiger partial charge in [-0.05, 0) is 30.3 Å². The van der Waals surface area contributed by atoms with E-state index in [-0.39, 0.29) is 12.5 Å². The van der Waals surface area contributed by atoms with Crippen LogP contribution in [0.1, 0.15) is 0 Å². The van der Waals surface area contributed by atoms with Crippen molar-refractivity contribution < 1.29 is 9.53 Å². The second kappa shape index (κ2) is 10.2. The molecule has 0 radical (unpaired) electrons. The number of carbonyl (C=O) groups is 1. The topological polar surface area (TPSA) is 57.7 Å². The van der Waals surface area contributed by atoms with Crippen LogP contribution in [0.2, 0.25) is 15.1 Å². The maximum absolute atomic E-state index is 12.0. The van der Waals surface area contributed by atoms with E-state index in [0.29, 0.717) is 27.4 Å². The van der Waals surface area contributed by atoms with Crippen LogP contribution in [0, 0.1) is 0 Å². The molecule has 2 aromatic carbocycles. The first kappa shape index (κ1) is 22.4. The minimum absolute atomic E-state index is 0.0880. The standard InChI is InChI=1S/C21H21Cl3N4O2S/c22-14-4-5-17(16(24)12-14)30-13-19(29)25-6-7-27-8-10-28(11-9-27)21-26-20-15(23)2-1-3-18(20)31-21/h1-5,12H,6-11,13H2,(H,25,29). The van der Waals surface area contributed by atoms with E-state index in [1.165, 1.54) is 0 Å². The highest BCUT2D eigenvalue weighted by molar-refractivity contribution is 7.22. The SMILES string of the molecule is O=C(COc1ccc(Cl)cc1Cl)NCCN1CCN(c2nc3c(Cl)cccc3s2)CC1. The summed E-state index contributed by atoms with van der Waals surface area (Å²) in [6.07, 6.45) is 0. The van der Waals surface area contributed by atoms with Crippen molar-refractivity contribution in [1.82, 2.24) is 15.2 Å².